The van der Waals surface area contributed by atoms with Gasteiger partial charge in [-0.1, -0.05) is 0 Å². The highest BCUT2D eigenvalue weighted by Gasteiger charge is 2.22. The summed E-state index contributed by atoms with van der Waals surface area (Å²) in [7, 11) is 0. The smallest absolute Gasteiger partial charge is 0.225 e. The summed E-state index contributed by atoms with van der Waals surface area (Å²) >= 11 is 0. The van der Waals surface area contributed by atoms with Gasteiger partial charge in [0.15, 0.2) is 5.82 Å². The molecule has 0 aromatic carbocycles. The second kappa shape index (κ2) is 4.53. The van der Waals surface area contributed by atoms with Gasteiger partial charge in [-0.3, -0.25) is 0 Å². The van der Waals surface area contributed by atoms with E-state index in [1.807, 2.05) is 0 Å². The van der Waals surface area contributed by atoms with Crippen LogP contribution in [0.25, 0.3) is 0 Å². The highest BCUT2D eigenvalue weighted by Crippen LogP contribution is 2.20. The molecule has 1 saturated heterocycles. The number of nitrogens with two attached hydrogens (primary N) is 1. The van der Waals surface area contributed by atoms with Crippen LogP contribution in [0.5, 0.6) is 0 Å². The number of rotatable bonds is 2. The number of anilines is 1. The molecule has 1 aromatic heterocycles. The van der Waals surface area contributed by atoms with Gasteiger partial charge in [-0.05, 0) is 19.3 Å². The van der Waals surface area contributed by atoms with Crippen molar-refractivity contribution in [2.75, 3.05) is 18.0 Å². The average molecular weight is 210 g/mol. The molecule has 2 rings (SSSR count). The van der Waals surface area contributed by atoms with Gasteiger partial charge in [0.1, 0.15) is 0 Å². The first-order valence-corrected chi connectivity index (χ1v) is 5.25. The Hall–Kier alpha value is -1.23. The molecular weight excluding hydrogens is 195 g/mol. The lowest BCUT2D eigenvalue weighted by Crippen LogP contribution is -2.45. The summed E-state index contributed by atoms with van der Waals surface area (Å²) in [6.07, 6.45) is 5.78. The zero-order valence-electron chi connectivity index (χ0n) is 8.56. The highest BCUT2D eigenvalue weighted by molar-refractivity contribution is 5.31. The largest absolute Gasteiger partial charge is 0.337 e. The van der Waals surface area contributed by atoms with E-state index in [4.69, 9.17) is 5.73 Å². The zero-order chi connectivity index (χ0) is 10.7. The molecule has 0 radical (unpaired) electrons. The van der Waals surface area contributed by atoms with Crippen molar-refractivity contribution >= 4 is 5.95 Å². The maximum atomic E-state index is 12.7. The molecule has 1 unspecified atom stereocenters. The van der Waals surface area contributed by atoms with Gasteiger partial charge in [0.2, 0.25) is 5.95 Å². The average Bonchev–Trinajstić information content (AvgIpc) is 2.30. The van der Waals surface area contributed by atoms with Crippen molar-refractivity contribution in [3.8, 4) is 0 Å². The summed E-state index contributed by atoms with van der Waals surface area (Å²) in [5.74, 6) is 0.187. The van der Waals surface area contributed by atoms with Crippen LogP contribution in [0.3, 0.4) is 0 Å². The van der Waals surface area contributed by atoms with E-state index >= 15 is 0 Å². The molecule has 1 atom stereocenters. The van der Waals surface area contributed by atoms with E-state index in [1.54, 1.807) is 0 Å². The van der Waals surface area contributed by atoms with E-state index in [1.165, 1.54) is 18.8 Å². The molecule has 0 aliphatic carbocycles. The summed E-state index contributed by atoms with van der Waals surface area (Å²) in [6, 6.07) is 0.296. The Labute approximate surface area is 88.3 Å². The van der Waals surface area contributed by atoms with Gasteiger partial charge in [-0.15, -0.1) is 0 Å². The van der Waals surface area contributed by atoms with E-state index < -0.39 is 5.82 Å². The van der Waals surface area contributed by atoms with Gasteiger partial charge in [-0.2, -0.15) is 0 Å². The monoisotopic (exact) mass is 210 g/mol. The predicted molar refractivity (Wildman–Crippen MR) is 56.0 cm³/mol. The number of hydrogen-bond acceptors (Lipinski definition) is 4. The van der Waals surface area contributed by atoms with Crippen molar-refractivity contribution in [3.05, 3.63) is 18.2 Å². The fraction of sp³-hybridized carbons (Fsp3) is 0.600. The Balaban J connectivity index is 2.16. The molecule has 4 nitrogen and oxygen atoms in total. The van der Waals surface area contributed by atoms with E-state index in [9.17, 15) is 4.39 Å². The Kier molecular flexibility index (Phi) is 3.11. The molecule has 1 fully saturated rings. The number of aromatic nitrogens is 2. The summed E-state index contributed by atoms with van der Waals surface area (Å²) in [4.78, 5) is 10.0. The van der Waals surface area contributed by atoms with Crippen LogP contribution in [-0.2, 0) is 0 Å². The maximum Gasteiger partial charge on any atom is 0.225 e. The van der Waals surface area contributed by atoms with Crippen molar-refractivity contribution in [2.45, 2.75) is 25.3 Å². The number of halogens is 1. The Morgan fingerprint density at radius 1 is 1.40 bits per heavy atom. The normalized spacial score (nSPS) is 21.7. The third-order valence-electron chi connectivity index (χ3n) is 2.76. The Morgan fingerprint density at radius 3 is 2.80 bits per heavy atom. The fourth-order valence-corrected chi connectivity index (χ4v) is 1.96. The van der Waals surface area contributed by atoms with E-state index in [0.717, 1.165) is 19.4 Å². The lowest BCUT2D eigenvalue weighted by Gasteiger charge is -2.34. The van der Waals surface area contributed by atoms with Crippen molar-refractivity contribution in [1.29, 1.82) is 0 Å². The Bertz CT molecular complexity index is 314. The molecule has 5 heteroatoms. The maximum absolute atomic E-state index is 12.7. The van der Waals surface area contributed by atoms with Gasteiger partial charge < -0.3 is 10.6 Å². The molecule has 0 spiro atoms. The third-order valence-corrected chi connectivity index (χ3v) is 2.76. The van der Waals surface area contributed by atoms with Crippen LogP contribution < -0.4 is 10.6 Å². The van der Waals surface area contributed by atoms with Crippen molar-refractivity contribution in [1.82, 2.24) is 9.97 Å². The minimum Gasteiger partial charge on any atom is -0.337 e. The lowest BCUT2D eigenvalue weighted by molar-refractivity contribution is 0.457. The second-order valence-electron chi connectivity index (χ2n) is 3.78. The molecule has 2 heterocycles. The van der Waals surface area contributed by atoms with E-state index in [2.05, 4.69) is 14.9 Å². The van der Waals surface area contributed by atoms with Crippen molar-refractivity contribution in [3.63, 3.8) is 0 Å². The van der Waals surface area contributed by atoms with Crippen molar-refractivity contribution in [2.24, 2.45) is 5.73 Å². The molecule has 1 aromatic rings. The van der Waals surface area contributed by atoms with Crippen LogP contribution in [0.2, 0.25) is 0 Å². The molecule has 0 bridgehead atoms. The van der Waals surface area contributed by atoms with Crippen LogP contribution >= 0.6 is 0 Å². The molecule has 1 aliphatic rings. The first kappa shape index (κ1) is 10.3. The molecule has 0 amide bonds. The van der Waals surface area contributed by atoms with Crippen LogP contribution in [0.4, 0.5) is 10.3 Å². The predicted octanol–water partition coefficient (Wildman–Crippen LogP) is 0.933. The van der Waals surface area contributed by atoms with Gasteiger partial charge in [-0.25, -0.2) is 14.4 Å². The Morgan fingerprint density at radius 2 is 2.13 bits per heavy atom. The summed E-state index contributed by atoms with van der Waals surface area (Å²) in [5.41, 5.74) is 5.69. The van der Waals surface area contributed by atoms with Gasteiger partial charge in [0.25, 0.3) is 0 Å². The van der Waals surface area contributed by atoms with Crippen LogP contribution in [0.1, 0.15) is 19.3 Å². The van der Waals surface area contributed by atoms with Crippen LogP contribution in [-0.4, -0.2) is 29.1 Å². The summed E-state index contributed by atoms with van der Waals surface area (Å²) < 4.78 is 12.7. The summed E-state index contributed by atoms with van der Waals surface area (Å²) in [5, 5.41) is 0. The van der Waals surface area contributed by atoms with E-state index in [0.29, 0.717) is 18.5 Å². The van der Waals surface area contributed by atoms with E-state index in [-0.39, 0.29) is 0 Å². The topological polar surface area (TPSA) is 55.0 Å². The number of hydrogen-bond donors (Lipinski definition) is 1. The molecule has 15 heavy (non-hydrogen) atoms. The minimum absolute atomic E-state index is 0.296. The quantitative estimate of drug-likeness (QED) is 0.789. The number of nitrogens with zero attached hydrogens (tertiary/aromatic N) is 3. The molecule has 1 aliphatic heterocycles. The first-order chi connectivity index (χ1) is 7.31. The summed E-state index contributed by atoms with van der Waals surface area (Å²) in [6.45, 7) is 1.51. The lowest BCUT2D eigenvalue weighted by atomic mass is 10.0. The second-order valence-corrected chi connectivity index (χ2v) is 3.78. The van der Waals surface area contributed by atoms with Gasteiger partial charge >= 0.3 is 0 Å². The van der Waals surface area contributed by atoms with Crippen LogP contribution in [0, 0.1) is 5.82 Å². The molecular formula is C10H15FN4. The fourth-order valence-electron chi connectivity index (χ4n) is 1.96. The van der Waals surface area contributed by atoms with Crippen LogP contribution in [0.15, 0.2) is 12.4 Å². The highest BCUT2D eigenvalue weighted by atomic mass is 19.1. The van der Waals surface area contributed by atoms with Gasteiger partial charge in [0, 0.05) is 19.1 Å². The number of piperidine rings is 1. The molecule has 82 valence electrons. The first-order valence-electron chi connectivity index (χ1n) is 5.25. The standard InChI is InChI=1S/C10H15FN4/c11-8-6-13-10(14-7-8)15-4-2-1-3-9(15)5-12/h6-7,9H,1-5,12H2. The van der Waals surface area contributed by atoms with Crippen molar-refractivity contribution < 1.29 is 4.39 Å². The minimum atomic E-state index is -0.403. The zero-order valence-corrected chi connectivity index (χ0v) is 8.56. The third kappa shape index (κ3) is 2.23. The van der Waals surface area contributed by atoms with Gasteiger partial charge in [0.05, 0.1) is 12.4 Å². The molecule has 2 N–H and O–H groups in total. The SMILES string of the molecule is NCC1CCCCN1c1ncc(F)cn1. The molecule has 0 saturated carbocycles.